The molecular formula is C60H107NO8. The molecule has 0 bridgehead atoms. The van der Waals surface area contributed by atoms with Gasteiger partial charge in [0.1, 0.15) is 13.2 Å². The van der Waals surface area contributed by atoms with E-state index in [1.165, 1.54) is 154 Å². The van der Waals surface area contributed by atoms with Gasteiger partial charge in [0.05, 0.1) is 40.3 Å². The van der Waals surface area contributed by atoms with Crippen molar-refractivity contribution >= 4 is 17.9 Å². The van der Waals surface area contributed by atoms with E-state index in [4.69, 9.17) is 18.9 Å². The van der Waals surface area contributed by atoms with Crippen LogP contribution in [0.25, 0.3) is 0 Å². The van der Waals surface area contributed by atoms with Crippen molar-refractivity contribution in [3.8, 4) is 0 Å². The Morgan fingerprint density at radius 2 is 0.826 bits per heavy atom. The summed E-state index contributed by atoms with van der Waals surface area (Å²) in [4.78, 5) is 37.2. The van der Waals surface area contributed by atoms with E-state index in [2.05, 4.69) is 74.6 Å². The number of rotatable bonds is 52. The van der Waals surface area contributed by atoms with Crippen LogP contribution in [0.3, 0.4) is 0 Å². The number of likely N-dealkylation sites (N-methyl/N-ethyl adjacent to an activating group) is 1. The molecule has 0 heterocycles. The highest BCUT2D eigenvalue weighted by molar-refractivity contribution is 5.70. The van der Waals surface area contributed by atoms with Crippen LogP contribution in [-0.2, 0) is 33.3 Å². The Hall–Kier alpha value is -3.01. The van der Waals surface area contributed by atoms with Gasteiger partial charge in [0.2, 0.25) is 0 Å². The number of quaternary nitrogens is 1. The van der Waals surface area contributed by atoms with Crippen molar-refractivity contribution in [2.45, 2.75) is 257 Å². The largest absolute Gasteiger partial charge is 0.545 e. The maximum absolute atomic E-state index is 12.8. The van der Waals surface area contributed by atoms with Crippen molar-refractivity contribution in [3.05, 3.63) is 60.8 Å². The van der Waals surface area contributed by atoms with E-state index in [1.807, 2.05) is 21.1 Å². The fourth-order valence-electron chi connectivity index (χ4n) is 7.93. The Labute approximate surface area is 425 Å². The molecule has 0 saturated heterocycles. The summed E-state index contributed by atoms with van der Waals surface area (Å²) in [6.07, 6.45) is 61.5. The van der Waals surface area contributed by atoms with Gasteiger partial charge in [0.25, 0.3) is 0 Å². The molecule has 400 valence electrons. The van der Waals surface area contributed by atoms with Crippen LogP contribution in [0.4, 0.5) is 0 Å². The number of esters is 2. The second-order valence-electron chi connectivity index (χ2n) is 20.2. The van der Waals surface area contributed by atoms with Gasteiger partial charge in [-0.1, -0.05) is 242 Å². The van der Waals surface area contributed by atoms with Crippen molar-refractivity contribution in [1.82, 2.24) is 0 Å². The van der Waals surface area contributed by atoms with E-state index in [1.54, 1.807) is 0 Å². The van der Waals surface area contributed by atoms with Crippen molar-refractivity contribution in [2.75, 3.05) is 47.5 Å². The first-order valence-electron chi connectivity index (χ1n) is 28.4. The van der Waals surface area contributed by atoms with Crippen LogP contribution < -0.4 is 5.11 Å². The van der Waals surface area contributed by atoms with E-state index in [9.17, 15) is 19.5 Å². The van der Waals surface area contributed by atoms with Gasteiger partial charge in [-0.3, -0.25) is 9.59 Å². The number of carbonyl (C=O) groups is 3. The Morgan fingerprint density at radius 3 is 1.22 bits per heavy atom. The summed E-state index contributed by atoms with van der Waals surface area (Å²) in [5.74, 6) is -2.36. The predicted molar refractivity (Wildman–Crippen MR) is 288 cm³/mol. The number of carbonyl (C=O) groups excluding carboxylic acids is 3. The van der Waals surface area contributed by atoms with Crippen LogP contribution in [0.1, 0.15) is 245 Å². The molecule has 0 aromatic rings. The zero-order valence-electron chi connectivity index (χ0n) is 45.4. The molecule has 0 aliphatic rings. The molecule has 9 nitrogen and oxygen atoms in total. The Balaban J connectivity index is 4.23. The van der Waals surface area contributed by atoms with Crippen molar-refractivity contribution in [1.29, 1.82) is 0 Å². The van der Waals surface area contributed by atoms with Crippen LogP contribution in [0, 0.1) is 0 Å². The van der Waals surface area contributed by atoms with Crippen LogP contribution in [0.5, 0.6) is 0 Å². The Kier molecular flexibility index (Phi) is 49.1. The molecule has 69 heavy (non-hydrogen) atoms. The van der Waals surface area contributed by atoms with Crippen LogP contribution >= 0.6 is 0 Å². The molecule has 0 saturated carbocycles. The normalized spacial score (nSPS) is 13.2. The van der Waals surface area contributed by atoms with Crippen LogP contribution in [0.15, 0.2) is 60.8 Å². The standard InChI is InChI=1S/C60H107NO8/c1-6-8-10-12-14-16-18-20-22-24-25-26-27-28-29-30-31-32-33-35-36-38-40-42-44-46-48-50-57(62)67-54-56(55-68-60(59(64)65)66-53-52-61(3,4)5)69-58(63)51-49-47-45-43-41-39-37-34-23-21-19-17-15-13-11-9-7-2/h9,11,15,17,21,23,37,39,43,45,56,60H,6-8,10,12-14,16,18-20,22,24-36,38,40-42,44,46-55H2,1-5H3/b11-9-,17-15-,23-21-,39-37-,45-43-. The van der Waals surface area contributed by atoms with Gasteiger partial charge in [-0.25, -0.2) is 0 Å². The summed E-state index contributed by atoms with van der Waals surface area (Å²) in [7, 11) is 5.90. The molecule has 0 fully saturated rings. The third-order valence-electron chi connectivity index (χ3n) is 12.3. The second kappa shape index (κ2) is 51.3. The van der Waals surface area contributed by atoms with E-state index in [0.29, 0.717) is 23.9 Å². The summed E-state index contributed by atoms with van der Waals surface area (Å²) >= 11 is 0. The predicted octanol–water partition coefficient (Wildman–Crippen LogP) is 15.1. The minimum absolute atomic E-state index is 0.136. The first kappa shape index (κ1) is 66.0. The highest BCUT2D eigenvalue weighted by atomic mass is 16.7. The van der Waals surface area contributed by atoms with Gasteiger partial charge < -0.3 is 33.3 Å². The van der Waals surface area contributed by atoms with E-state index in [-0.39, 0.29) is 38.6 Å². The number of carboxylic acids is 1. The zero-order valence-corrected chi connectivity index (χ0v) is 45.4. The molecule has 0 radical (unpaired) electrons. The second-order valence-corrected chi connectivity index (χ2v) is 20.2. The molecular weight excluding hydrogens is 863 g/mol. The lowest BCUT2D eigenvalue weighted by atomic mass is 10.0. The lowest BCUT2D eigenvalue weighted by Crippen LogP contribution is -2.44. The third-order valence-corrected chi connectivity index (χ3v) is 12.3. The Bertz CT molecular complexity index is 1310. The highest BCUT2D eigenvalue weighted by Crippen LogP contribution is 2.17. The summed E-state index contributed by atoms with van der Waals surface area (Å²) in [6, 6.07) is 0. The molecule has 0 spiro atoms. The molecule has 0 aliphatic heterocycles. The maximum Gasteiger partial charge on any atom is 0.306 e. The molecule has 0 aromatic carbocycles. The molecule has 0 amide bonds. The minimum atomic E-state index is -1.64. The molecule has 2 unspecified atom stereocenters. The topological polar surface area (TPSA) is 111 Å². The Morgan fingerprint density at radius 1 is 0.449 bits per heavy atom. The smallest absolute Gasteiger partial charge is 0.306 e. The lowest BCUT2D eigenvalue weighted by molar-refractivity contribution is -0.870. The molecule has 0 aliphatic carbocycles. The number of nitrogens with zero attached hydrogens (tertiary/aromatic N) is 1. The average molecular weight is 971 g/mol. The minimum Gasteiger partial charge on any atom is -0.545 e. The summed E-state index contributed by atoms with van der Waals surface area (Å²) in [6.45, 7) is 4.59. The van der Waals surface area contributed by atoms with Crippen molar-refractivity contribution in [2.24, 2.45) is 0 Å². The molecule has 2 atom stereocenters. The summed E-state index contributed by atoms with van der Waals surface area (Å²) < 4.78 is 22.6. The molecule has 9 heteroatoms. The van der Waals surface area contributed by atoms with Gasteiger partial charge >= 0.3 is 11.9 Å². The molecule has 0 rings (SSSR count). The number of ether oxygens (including phenoxy) is 4. The van der Waals surface area contributed by atoms with Crippen molar-refractivity contribution in [3.63, 3.8) is 0 Å². The lowest BCUT2D eigenvalue weighted by Gasteiger charge is -2.26. The number of carboxylic acid groups (broad SMARTS) is 1. The van der Waals surface area contributed by atoms with Gasteiger partial charge in [0.15, 0.2) is 12.4 Å². The highest BCUT2D eigenvalue weighted by Gasteiger charge is 2.21. The summed E-state index contributed by atoms with van der Waals surface area (Å²) in [5, 5.41) is 11.7. The van der Waals surface area contributed by atoms with Crippen LogP contribution in [-0.4, -0.2) is 82.3 Å². The van der Waals surface area contributed by atoms with Gasteiger partial charge in [-0.05, 0) is 51.4 Å². The molecule has 0 N–H and O–H groups in total. The third kappa shape index (κ3) is 52.6. The zero-order chi connectivity index (χ0) is 50.6. The van der Waals surface area contributed by atoms with E-state index < -0.39 is 24.3 Å². The van der Waals surface area contributed by atoms with E-state index in [0.717, 1.165) is 51.4 Å². The number of allylic oxidation sites excluding steroid dienone is 10. The summed E-state index contributed by atoms with van der Waals surface area (Å²) in [5.41, 5.74) is 0. The first-order chi connectivity index (χ1) is 33.6. The van der Waals surface area contributed by atoms with E-state index >= 15 is 0 Å². The SMILES string of the molecule is CC/C=C\C/C=C\C/C=C\C/C=C\C/C=C\CCCC(=O)OC(COC(=O)CCCCCCCCCCCCCCCCCCCCCCCCCCCCC)COC(OCC[N+](C)(C)C)C(=O)[O-]. The fourth-order valence-corrected chi connectivity index (χ4v) is 7.93. The first-order valence-corrected chi connectivity index (χ1v) is 28.4. The number of hydrogen-bond donors (Lipinski definition) is 0. The monoisotopic (exact) mass is 970 g/mol. The number of hydrogen-bond acceptors (Lipinski definition) is 8. The average Bonchev–Trinajstić information content (AvgIpc) is 3.31. The van der Waals surface area contributed by atoms with Gasteiger partial charge in [0, 0.05) is 12.8 Å². The van der Waals surface area contributed by atoms with Gasteiger partial charge in [-0.2, -0.15) is 0 Å². The fraction of sp³-hybridized carbons (Fsp3) is 0.783. The molecule has 0 aromatic heterocycles. The maximum atomic E-state index is 12.8. The van der Waals surface area contributed by atoms with Gasteiger partial charge in [-0.15, -0.1) is 0 Å². The van der Waals surface area contributed by atoms with Crippen molar-refractivity contribution < 1.29 is 42.9 Å². The van der Waals surface area contributed by atoms with Crippen LogP contribution in [0.2, 0.25) is 0 Å². The number of aliphatic carboxylic acids is 1. The number of unbranched alkanes of at least 4 members (excludes halogenated alkanes) is 27. The quantitative estimate of drug-likeness (QED) is 0.0195.